The quantitative estimate of drug-likeness (QED) is 0.850. The van der Waals surface area contributed by atoms with E-state index >= 15 is 0 Å². The summed E-state index contributed by atoms with van der Waals surface area (Å²) in [5.74, 6) is 0.745. The molecule has 2 rings (SSSR count). The Bertz CT molecular complexity index is 416. The van der Waals surface area contributed by atoms with Gasteiger partial charge in [-0.2, -0.15) is 0 Å². The van der Waals surface area contributed by atoms with Crippen molar-refractivity contribution >= 4 is 17.3 Å². The van der Waals surface area contributed by atoms with Crippen LogP contribution in [-0.4, -0.2) is 25.4 Å². The van der Waals surface area contributed by atoms with Gasteiger partial charge in [-0.15, -0.1) is 0 Å². The number of benzene rings is 1. The molecule has 1 aromatic carbocycles. The molecule has 1 aliphatic rings. The number of hydrogen-bond acceptors (Lipinski definition) is 3. The molecule has 0 bridgehead atoms. The second-order valence-electron chi connectivity index (χ2n) is 4.81. The molecule has 0 spiro atoms. The summed E-state index contributed by atoms with van der Waals surface area (Å²) in [6.45, 7) is 2.99. The fourth-order valence-corrected chi connectivity index (χ4v) is 1.97. The van der Waals surface area contributed by atoms with Crippen molar-refractivity contribution in [3.63, 3.8) is 0 Å². The van der Waals surface area contributed by atoms with Crippen molar-refractivity contribution in [1.29, 1.82) is 0 Å². The van der Waals surface area contributed by atoms with E-state index in [1.54, 1.807) is 7.11 Å². The average Bonchev–Trinajstić information content (AvgIpc) is 3.11. The highest BCUT2D eigenvalue weighted by Crippen LogP contribution is 2.45. The molecular weight excluding hydrogens is 238 g/mol. The van der Waals surface area contributed by atoms with Gasteiger partial charge in [-0.3, -0.25) is 0 Å². The van der Waals surface area contributed by atoms with E-state index in [4.69, 9.17) is 16.3 Å². The summed E-state index contributed by atoms with van der Waals surface area (Å²) in [5, 5.41) is 13.3. The fraction of sp³-hybridized carbons (Fsp3) is 0.538. The molecule has 0 aromatic heterocycles. The predicted molar refractivity (Wildman–Crippen MR) is 70.0 cm³/mol. The van der Waals surface area contributed by atoms with E-state index in [-0.39, 0.29) is 12.0 Å². The van der Waals surface area contributed by atoms with Gasteiger partial charge in [-0.05, 0) is 31.4 Å². The van der Waals surface area contributed by atoms with Crippen LogP contribution in [0.15, 0.2) is 12.1 Å². The molecule has 17 heavy (non-hydrogen) atoms. The van der Waals surface area contributed by atoms with E-state index in [2.05, 4.69) is 5.32 Å². The van der Waals surface area contributed by atoms with Gasteiger partial charge in [-0.25, -0.2) is 0 Å². The van der Waals surface area contributed by atoms with E-state index in [0.29, 0.717) is 5.02 Å². The largest absolute Gasteiger partial charge is 0.495 e. The number of methoxy groups -OCH3 is 1. The van der Waals surface area contributed by atoms with Gasteiger partial charge in [0, 0.05) is 23.0 Å². The topological polar surface area (TPSA) is 41.5 Å². The van der Waals surface area contributed by atoms with E-state index in [1.165, 1.54) is 0 Å². The van der Waals surface area contributed by atoms with E-state index in [0.717, 1.165) is 36.4 Å². The van der Waals surface area contributed by atoms with E-state index in [1.807, 2.05) is 19.1 Å². The van der Waals surface area contributed by atoms with Crippen LogP contribution in [0.25, 0.3) is 0 Å². The Balaban J connectivity index is 2.11. The van der Waals surface area contributed by atoms with Crippen LogP contribution >= 0.6 is 11.6 Å². The first-order chi connectivity index (χ1) is 8.10. The van der Waals surface area contributed by atoms with Crippen LogP contribution in [0, 0.1) is 12.3 Å². The van der Waals surface area contributed by atoms with Crippen LogP contribution in [0.4, 0.5) is 5.69 Å². The van der Waals surface area contributed by atoms with Gasteiger partial charge >= 0.3 is 0 Å². The number of aryl methyl sites for hydroxylation is 1. The zero-order valence-electron chi connectivity index (χ0n) is 10.2. The van der Waals surface area contributed by atoms with Crippen molar-refractivity contribution in [2.45, 2.75) is 19.8 Å². The summed E-state index contributed by atoms with van der Waals surface area (Å²) in [6, 6.07) is 3.80. The summed E-state index contributed by atoms with van der Waals surface area (Å²) in [4.78, 5) is 0. The first-order valence-corrected chi connectivity index (χ1v) is 6.17. The number of halogens is 1. The highest BCUT2D eigenvalue weighted by Gasteiger charge is 2.41. The predicted octanol–water partition coefficient (Wildman–Crippen LogP) is 2.84. The molecule has 1 fully saturated rings. The van der Waals surface area contributed by atoms with Crippen molar-refractivity contribution < 1.29 is 9.84 Å². The Hall–Kier alpha value is -0.930. The monoisotopic (exact) mass is 255 g/mol. The minimum Gasteiger partial charge on any atom is -0.495 e. The highest BCUT2D eigenvalue weighted by atomic mass is 35.5. The minimum absolute atomic E-state index is 0.0819. The lowest BCUT2D eigenvalue weighted by atomic mass is 10.1. The van der Waals surface area contributed by atoms with Gasteiger partial charge in [0.1, 0.15) is 5.75 Å². The maximum Gasteiger partial charge on any atom is 0.143 e. The summed E-state index contributed by atoms with van der Waals surface area (Å²) >= 11 is 6.05. The molecule has 1 aliphatic carbocycles. The minimum atomic E-state index is 0.0819. The number of ether oxygens (including phenoxy) is 1. The van der Waals surface area contributed by atoms with Crippen molar-refractivity contribution in [3.05, 3.63) is 22.7 Å². The van der Waals surface area contributed by atoms with E-state index in [9.17, 15) is 5.11 Å². The average molecular weight is 256 g/mol. The molecular formula is C13H18ClNO2. The van der Waals surface area contributed by atoms with Crippen LogP contribution in [0.3, 0.4) is 0 Å². The third-order valence-corrected chi connectivity index (χ3v) is 3.83. The molecule has 1 aromatic rings. The first kappa shape index (κ1) is 12.5. The molecule has 0 heterocycles. The van der Waals surface area contributed by atoms with Crippen LogP contribution in [0.1, 0.15) is 18.4 Å². The van der Waals surface area contributed by atoms with Gasteiger partial charge in [0.15, 0.2) is 0 Å². The Morgan fingerprint density at radius 1 is 1.47 bits per heavy atom. The normalized spacial score (nSPS) is 16.7. The lowest BCUT2D eigenvalue weighted by Gasteiger charge is -2.17. The summed E-state index contributed by atoms with van der Waals surface area (Å²) < 4.78 is 5.29. The SMILES string of the molecule is COc1cc(Cl)c(C)cc1NCC1(CO)CC1. The maximum atomic E-state index is 9.27. The van der Waals surface area contributed by atoms with Crippen molar-refractivity contribution in [1.82, 2.24) is 0 Å². The highest BCUT2D eigenvalue weighted by molar-refractivity contribution is 6.31. The molecule has 0 aliphatic heterocycles. The molecule has 3 nitrogen and oxygen atoms in total. The van der Waals surface area contributed by atoms with Crippen molar-refractivity contribution in [2.75, 3.05) is 25.6 Å². The second kappa shape index (κ2) is 4.75. The van der Waals surface area contributed by atoms with E-state index < -0.39 is 0 Å². The maximum absolute atomic E-state index is 9.27. The van der Waals surface area contributed by atoms with Crippen molar-refractivity contribution in [3.8, 4) is 5.75 Å². The molecule has 1 saturated carbocycles. The van der Waals surface area contributed by atoms with Crippen molar-refractivity contribution in [2.24, 2.45) is 5.41 Å². The Morgan fingerprint density at radius 3 is 2.71 bits per heavy atom. The number of aliphatic hydroxyl groups is 1. The summed E-state index contributed by atoms with van der Waals surface area (Å²) in [7, 11) is 1.63. The van der Waals surface area contributed by atoms with Crippen LogP contribution in [-0.2, 0) is 0 Å². The number of aliphatic hydroxyl groups excluding tert-OH is 1. The lowest BCUT2D eigenvalue weighted by Crippen LogP contribution is -2.19. The second-order valence-corrected chi connectivity index (χ2v) is 5.22. The standard InChI is InChI=1S/C13H18ClNO2/c1-9-5-11(12(17-2)6-10(9)14)15-7-13(8-16)3-4-13/h5-6,15-16H,3-4,7-8H2,1-2H3. The molecule has 94 valence electrons. The van der Waals surface area contributed by atoms with Gasteiger partial charge < -0.3 is 15.2 Å². The molecule has 0 atom stereocenters. The Labute approximate surface area is 107 Å². The number of hydrogen-bond donors (Lipinski definition) is 2. The van der Waals surface area contributed by atoms with Gasteiger partial charge in [0.25, 0.3) is 0 Å². The van der Waals surface area contributed by atoms with Crippen LogP contribution in [0.5, 0.6) is 5.75 Å². The third-order valence-electron chi connectivity index (χ3n) is 3.43. The fourth-order valence-electron chi connectivity index (χ4n) is 1.82. The van der Waals surface area contributed by atoms with Gasteiger partial charge in [0.2, 0.25) is 0 Å². The summed E-state index contributed by atoms with van der Waals surface area (Å²) in [6.07, 6.45) is 2.18. The number of rotatable bonds is 5. The summed E-state index contributed by atoms with van der Waals surface area (Å²) in [5.41, 5.74) is 2.04. The molecule has 0 amide bonds. The molecule has 0 saturated heterocycles. The number of anilines is 1. The first-order valence-electron chi connectivity index (χ1n) is 5.79. The molecule has 2 N–H and O–H groups in total. The Kier molecular flexibility index (Phi) is 3.50. The molecule has 0 radical (unpaired) electrons. The van der Waals surface area contributed by atoms with Crippen LogP contribution in [0.2, 0.25) is 5.02 Å². The van der Waals surface area contributed by atoms with Gasteiger partial charge in [-0.1, -0.05) is 11.6 Å². The smallest absolute Gasteiger partial charge is 0.143 e. The third kappa shape index (κ3) is 2.67. The molecule has 4 heteroatoms. The lowest BCUT2D eigenvalue weighted by molar-refractivity contribution is 0.219. The zero-order chi connectivity index (χ0) is 12.5. The molecule has 0 unspecified atom stereocenters. The van der Waals surface area contributed by atoms with Gasteiger partial charge in [0.05, 0.1) is 19.4 Å². The number of nitrogens with one attached hydrogen (secondary N) is 1. The Morgan fingerprint density at radius 2 is 2.18 bits per heavy atom. The van der Waals surface area contributed by atoms with Crippen LogP contribution < -0.4 is 10.1 Å². The zero-order valence-corrected chi connectivity index (χ0v) is 11.0.